The van der Waals surface area contributed by atoms with Crippen LogP contribution in [0.1, 0.15) is 88.5 Å². The maximum absolute atomic E-state index is 10.2. The Kier molecular flexibility index (Phi) is 13.5. The van der Waals surface area contributed by atoms with Crippen molar-refractivity contribution < 1.29 is 10.2 Å². The molecule has 0 aromatic rings. The number of rotatable bonds is 10. The van der Waals surface area contributed by atoms with Gasteiger partial charge in [-0.15, -0.1) is 0 Å². The topological polar surface area (TPSA) is 40.5 Å². The summed E-state index contributed by atoms with van der Waals surface area (Å²) < 4.78 is 0. The van der Waals surface area contributed by atoms with E-state index in [9.17, 15) is 10.2 Å². The molecule has 3 atom stereocenters. The van der Waals surface area contributed by atoms with Gasteiger partial charge in [0.15, 0.2) is 0 Å². The summed E-state index contributed by atoms with van der Waals surface area (Å²) in [6.45, 7) is 21.5. The lowest BCUT2D eigenvalue weighted by Gasteiger charge is -2.36. The lowest BCUT2D eigenvalue weighted by Crippen LogP contribution is -2.31. The van der Waals surface area contributed by atoms with Crippen molar-refractivity contribution in [3.8, 4) is 0 Å². The number of aliphatic hydroxyl groups excluding tert-OH is 2. The Morgan fingerprint density at radius 1 is 0.690 bits per heavy atom. The predicted octanol–water partition coefficient (Wildman–Crippen LogP) is 10.4. The molecule has 0 aliphatic heterocycles. The molecular weight excluding hydrogens is 512 g/mol. The molecule has 2 aliphatic rings. The number of hydrogen-bond donors (Lipinski definition) is 2. The predicted molar refractivity (Wildman–Crippen MR) is 184 cm³/mol. The van der Waals surface area contributed by atoms with Crippen LogP contribution in [0, 0.1) is 16.7 Å². The van der Waals surface area contributed by atoms with E-state index in [2.05, 4.69) is 160 Å². The van der Waals surface area contributed by atoms with Crippen LogP contribution in [0.15, 0.2) is 130 Å². The highest BCUT2D eigenvalue weighted by Crippen LogP contribution is 2.41. The summed E-state index contributed by atoms with van der Waals surface area (Å²) in [5, 5.41) is 20.3. The summed E-state index contributed by atoms with van der Waals surface area (Å²) in [5.41, 5.74) is 8.71. The molecule has 2 aliphatic carbocycles. The van der Waals surface area contributed by atoms with Gasteiger partial charge in [-0.1, -0.05) is 154 Å². The van der Waals surface area contributed by atoms with Crippen LogP contribution >= 0.6 is 0 Å². The zero-order valence-electron chi connectivity index (χ0n) is 27.9. The number of allylic oxidation sites excluding steroid dienone is 20. The van der Waals surface area contributed by atoms with Gasteiger partial charge in [0.25, 0.3) is 0 Å². The summed E-state index contributed by atoms with van der Waals surface area (Å²) in [5.74, 6) is 0.199. The van der Waals surface area contributed by atoms with E-state index in [4.69, 9.17) is 0 Å². The summed E-state index contributed by atoms with van der Waals surface area (Å²) in [4.78, 5) is 0. The van der Waals surface area contributed by atoms with Crippen LogP contribution in [-0.4, -0.2) is 22.4 Å². The second-order valence-electron chi connectivity index (χ2n) is 13.7. The minimum absolute atomic E-state index is 0.00428. The van der Waals surface area contributed by atoms with Crippen molar-refractivity contribution in [2.75, 3.05) is 0 Å². The third-order valence-electron chi connectivity index (χ3n) is 8.33. The molecule has 0 unspecified atom stereocenters. The van der Waals surface area contributed by atoms with Gasteiger partial charge >= 0.3 is 0 Å². The van der Waals surface area contributed by atoms with Gasteiger partial charge in [0, 0.05) is 5.92 Å². The number of hydrogen-bond acceptors (Lipinski definition) is 2. The molecule has 0 radical (unpaired) electrons. The first-order valence-corrected chi connectivity index (χ1v) is 15.5. The Labute approximate surface area is 257 Å². The van der Waals surface area contributed by atoms with Crippen LogP contribution in [0.4, 0.5) is 0 Å². The Morgan fingerprint density at radius 2 is 1.17 bits per heavy atom. The molecular formula is C40H56O2. The molecule has 228 valence electrons. The molecule has 42 heavy (non-hydrogen) atoms. The van der Waals surface area contributed by atoms with Gasteiger partial charge in [-0.25, -0.2) is 0 Å². The summed E-state index contributed by atoms with van der Waals surface area (Å²) in [6, 6.07) is 0. The maximum atomic E-state index is 10.2. The number of aliphatic hydroxyl groups is 2. The molecule has 0 heterocycles. The van der Waals surface area contributed by atoms with Gasteiger partial charge in [-0.05, 0) is 75.9 Å². The highest BCUT2D eigenvalue weighted by molar-refractivity contribution is 5.38. The molecule has 2 nitrogen and oxygen atoms in total. The van der Waals surface area contributed by atoms with Crippen LogP contribution in [0.25, 0.3) is 0 Å². The molecule has 0 amide bonds. The minimum Gasteiger partial charge on any atom is -0.393 e. The van der Waals surface area contributed by atoms with Crippen LogP contribution in [0.5, 0.6) is 0 Å². The van der Waals surface area contributed by atoms with Crippen LogP contribution < -0.4 is 0 Å². The molecule has 0 aromatic heterocycles. The zero-order valence-corrected chi connectivity index (χ0v) is 27.9. The van der Waals surface area contributed by atoms with Crippen molar-refractivity contribution in [3.63, 3.8) is 0 Å². The first kappa shape index (κ1) is 35.3. The van der Waals surface area contributed by atoms with Crippen molar-refractivity contribution in [3.05, 3.63) is 130 Å². The van der Waals surface area contributed by atoms with Crippen molar-refractivity contribution in [1.29, 1.82) is 0 Å². The fraction of sp³-hybridized carbons (Fsp3) is 0.450. The highest BCUT2D eigenvalue weighted by atomic mass is 16.3. The van der Waals surface area contributed by atoms with Gasteiger partial charge in [-0.2, -0.15) is 0 Å². The van der Waals surface area contributed by atoms with E-state index in [1.54, 1.807) is 0 Å². The Balaban J connectivity index is 1.90. The SMILES string of the molecule is CC1=C(/C=C/C(C)=C/C=C/C(C)=C/C=C/C=C(C)/C=C/C=C(C)/C=C/C2=C[C@H](C)[C@H](O)CC2(C)C)C(C)(C)C[C@@H](O)C1. The average molecular weight is 569 g/mol. The summed E-state index contributed by atoms with van der Waals surface area (Å²) >= 11 is 0. The molecule has 2 rings (SSSR count). The van der Waals surface area contributed by atoms with E-state index >= 15 is 0 Å². The fourth-order valence-electron chi connectivity index (χ4n) is 5.68. The van der Waals surface area contributed by atoms with Crippen LogP contribution in [-0.2, 0) is 0 Å². The molecule has 2 N–H and O–H groups in total. The van der Waals surface area contributed by atoms with Gasteiger partial charge in [0.2, 0.25) is 0 Å². The molecule has 0 saturated carbocycles. The van der Waals surface area contributed by atoms with E-state index in [1.807, 2.05) is 0 Å². The Morgan fingerprint density at radius 3 is 1.69 bits per heavy atom. The van der Waals surface area contributed by atoms with Crippen LogP contribution in [0.3, 0.4) is 0 Å². The molecule has 2 heteroatoms. The van der Waals surface area contributed by atoms with Gasteiger partial charge in [0.05, 0.1) is 12.2 Å². The third kappa shape index (κ3) is 11.7. The molecule has 0 saturated heterocycles. The minimum atomic E-state index is -0.254. The Bertz CT molecular complexity index is 1270. The standard InChI is InChI=1S/C40H56O2/c1-29(17-13-19-31(3)21-23-35-25-34(6)38(42)28-39(35,7)8)15-11-12-16-30(2)18-14-20-32(4)22-24-37-33(5)26-36(41)27-40(37,9)10/h11-25,34,36,38,41-42H,26-28H2,1-10H3/b12-11+,17-13+,18-14+,23-21+,24-22+,29-15+,30-16+,31-19+,32-20+/t34-,36-,38+/m0/s1. The van der Waals surface area contributed by atoms with Gasteiger partial charge in [0.1, 0.15) is 0 Å². The van der Waals surface area contributed by atoms with E-state index in [1.165, 1.54) is 39.0 Å². The first-order chi connectivity index (χ1) is 19.6. The van der Waals surface area contributed by atoms with Crippen molar-refractivity contribution >= 4 is 0 Å². The quantitative estimate of drug-likeness (QED) is 0.257. The fourth-order valence-corrected chi connectivity index (χ4v) is 5.68. The van der Waals surface area contributed by atoms with E-state index in [0.29, 0.717) is 0 Å². The van der Waals surface area contributed by atoms with E-state index < -0.39 is 0 Å². The van der Waals surface area contributed by atoms with Gasteiger partial charge in [-0.3, -0.25) is 0 Å². The second-order valence-corrected chi connectivity index (χ2v) is 13.7. The summed E-state index contributed by atoms with van der Waals surface area (Å²) in [6.07, 6.45) is 34.0. The lowest BCUT2D eigenvalue weighted by molar-refractivity contribution is 0.0847. The second kappa shape index (κ2) is 16.1. The molecule has 0 bridgehead atoms. The third-order valence-corrected chi connectivity index (χ3v) is 8.33. The van der Waals surface area contributed by atoms with E-state index in [-0.39, 0.29) is 29.0 Å². The first-order valence-electron chi connectivity index (χ1n) is 15.5. The van der Waals surface area contributed by atoms with Crippen molar-refractivity contribution in [1.82, 2.24) is 0 Å². The molecule has 0 spiro atoms. The normalized spacial score (nSPS) is 26.6. The van der Waals surface area contributed by atoms with Crippen molar-refractivity contribution in [2.24, 2.45) is 16.7 Å². The monoisotopic (exact) mass is 568 g/mol. The maximum Gasteiger partial charge on any atom is 0.0608 e. The van der Waals surface area contributed by atoms with Crippen molar-refractivity contribution in [2.45, 2.75) is 101 Å². The smallest absolute Gasteiger partial charge is 0.0608 e. The highest BCUT2D eigenvalue weighted by Gasteiger charge is 2.32. The zero-order chi connectivity index (χ0) is 31.5. The summed E-state index contributed by atoms with van der Waals surface area (Å²) in [7, 11) is 0. The average Bonchev–Trinajstić information content (AvgIpc) is 2.86. The lowest BCUT2D eigenvalue weighted by atomic mass is 9.71. The largest absolute Gasteiger partial charge is 0.393 e. The molecule has 0 aromatic carbocycles. The van der Waals surface area contributed by atoms with Crippen LogP contribution in [0.2, 0.25) is 0 Å². The molecule has 0 fully saturated rings. The van der Waals surface area contributed by atoms with E-state index in [0.717, 1.165) is 19.3 Å². The Hall–Kier alpha value is -2.94. The van der Waals surface area contributed by atoms with Gasteiger partial charge < -0.3 is 10.2 Å².